The Morgan fingerprint density at radius 3 is 2.68 bits per heavy atom. The molecule has 19 heavy (non-hydrogen) atoms. The maximum atomic E-state index is 10.6. The quantitative estimate of drug-likeness (QED) is 0.785. The Bertz CT molecular complexity index is 554. The van der Waals surface area contributed by atoms with Gasteiger partial charge in [-0.3, -0.25) is 4.79 Å². The molecule has 0 aliphatic heterocycles. The number of aromatic nitrogens is 2. The second-order valence-electron chi connectivity index (χ2n) is 3.97. The highest BCUT2D eigenvalue weighted by Gasteiger charge is 2.10. The van der Waals surface area contributed by atoms with E-state index in [0.29, 0.717) is 17.4 Å². The number of aliphatic hydroxyl groups is 1. The van der Waals surface area contributed by atoms with Gasteiger partial charge in [-0.25, -0.2) is 4.98 Å². The number of imidazole rings is 1. The average molecular weight is 278 g/mol. The molecule has 0 unspecified atom stereocenters. The first kappa shape index (κ1) is 13.6. The molecule has 0 spiro atoms. The summed E-state index contributed by atoms with van der Waals surface area (Å²) in [5, 5.41) is 18.4. The monoisotopic (exact) mass is 278 g/mol. The average Bonchev–Trinajstić information content (AvgIpc) is 2.80. The molecule has 0 saturated carbocycles. The number of aliphatic hydroxyl groups excluding tert-OH is 1. The molecule has 0 fully saturated rings. The predicted molar refractivity (Wildman–Crippen MR) is 72.1 cm³/mol. The van der Waals surface area contributed by atoms with Crippen LogP contribution in [0.3, 0.4) is 0 Å². The molecule has 2 rings (SSSR count). The molecule has 0 atom stereocenters. The maximum Gasteiger partial charge on any atom is 0.313 e. The van der Waals surface area contributed by atoms with Crippen molar-refractivity contribution < 1.29 is 15.0 Å². The summed E-state index contributed by atoms with van der Waals surface area (Å²) in [5.74, 6) is -0.929. The van der Waals surface area contributed by atoms with E-state index >= 15 is 0 Å². The lowest BCUT2D eigenvalue weighted by Gasteiger charge is -2.06. The standard InChI is InChI=1S/C13H14N2O3S/c16-8-11-7-15(6-10-4-2-1-3-5-10)13(14-11)19-9-12(17)18/h1-5,7,16H,6,8-9H2,(H,17,18). The Kier molecular flexibility index (Phi) is 4.59. The number of benzene rings is 1. The molecular formula is C13H14N2O3S. The molecule has 5 nitrogen and oxygen atoms in total. The summed E-state index contributed by atoms with van der Waals surface area (Å²) < 4.78 is 1.86. The van der Waals surface area contributed by atoms with Crippen LogP contribution in [0.4, 0.5) is 0 Å². The highest BCUT2D eigenvalue weighted by Crippen LogP contribution is 2.19. The number of rotatable bonds is 6. The van der Waals surface area contributed by atoms with Gasteiger partial charge in [-0.2, -0.15) is 0 Å². The van der Waals surface area contributed by atoms with Crippen molar-refractivity contribution >= 4 is 17.7 Å². The van der Waals surface area contributed by atoms with Gasteiger partial charge in [0.1, 0.15) is 0 Å². The zero-order valence-electron chi connectivity index (χ0n) is 10.2. The molecule has 100 valence electrons. The van der Waals surface area contributed by atoms with Gasteiger partial charge in [0.15, 0.2) is 5.16 Å². The SMILES string of the molecule is O=C(O)CSc1nc(CO)cn1Cc1ccccc1. The Morgan fingerprint density at radius 2 is 2.05 bits per heavy atom. The van der Waals surface area contributed by atoms with E-state index in [-0.39, 0.29) is 12.4 Å². The summed E-state index contributed by atoms with van der Waals surface area (Å²) in [5.41, 5.74) is 1.64. The minimum Gasteiger partial charge on any atom is -0.481 e. The van der Waals surface area contributed by atoms with E-state index in [2.05, 4.69) is 4.98 Å². The van der Waals surface area contributed by atoms with Gasteiger partial charge in [-0.15, -0.1) is 0 Å². The smallest absolute Gasteiger partial charge is 0.313 e. The molecule has 2 N–H and O–H groups in total. The first-order chi connectivity index (χ1) is 9.19. The van der Waals surface area contributed by atoms with Crippen LogP contribution in [0.25, 0.3) is 0 Å². The van der Waals surface area contributed by atoms with Crippen molar-refractivity contribution in [2.75, 3.05) is 5.75 Å². The van der Waals surface area contributed by atoms with Gasteiger partial charge in [0.2, 0.25) is 0 Å². The van der Waals surface area contributed by atoms with Gasteiger partial charge in [0.05, 0.1) is 18.1 Å². The van der Waals surface area contributed by atoms with Crippen LogP contribution < -0.4 is 0 Å². The molecule has 0 amide bonds. The largest absolute Gasteiger partial charge is 0.481 e. The predicted octanol–water partition coefficient (Wildman–Crippen LogP) is 1.60. The fourth-order valence-electron chi connectivity index (χ4n) is 1.66. The van der Waals surface area contributed by atoms with Gasteiger partial charge in [0, 0.05) is 12.7 Å². The van der Waals surface area contributed by atoms with Gasteiger partial charge in [0.25, 0.3) is 0 Å². The van der Waals surface area contributed by atoms with Crippen LogP contribution in [0.1, 0.15) is 11.3 Å². The van der Waals surface area contributed by atoms with Gasteiger partial charge >= 0.3 is 5.97 Å². The van der Waals surface area contributed by atoms with Gasteiger partial charge in [-0.05, 0) is 5.56 Å². The van der Waals surface area contributed by atoms with E-state index in [1.165, 1.54) is 0 Å². The minimum atomic E-state index is -0.884. The normalized spacial score (nSPS) is 10.6. The van der Waals surface area contributed by atoms with Crippen molar-refractivity contribution in [2.24, 2.45) is 0 Å². The summed E-state index contributed by atoms with van der Waals surface area (Å²) in [6, 6.07) is 9.82. The molecule has 1 aromatic heterocycles. The molecule has 6 heteroatoms. The Balaban J connectivity index is 2.18. The fourth-order valence-corrected chi connectivity index (χ4v) is 2.38. The fraction of sp³-hybridized carbons (Fsp3) is 0.231. The Labute approximate surface area is 114 Å². The lowest BCUT2D eigenvalue weighted by molar-refractivity contribution is -0.133. The number of nitrogens with zero attached hydrogens (tertiary/aromatic N) is 2. The molecule has 0 aliphatic rings. The summed E-state index contributed by atoms with van der Waals surface area (Å²) in [6.45, 7) is 0.457. The van der Waals surface area contributed by atoms with Crippen molar-refractivity contribution in [3.05, 3.63) is 47.8 Å². The summed E-state index contributed by atoms with van der Waals surface area (Å²) in [7, 11) is 0. The number of hydrogen-bond donors (Lipinski definition) is 2. The highest BCUT2D eigenvalue weighted by atomic mass is 32.2. The summed E-state index contributed by atoms with van der Waals surface area (Å²) in [6.07, 6.45) is 1.75. The second kappa shape index (κ2) is 6.40. The first-order valence-corrected chi connectivity index (χ1v) is 6.73. The molecule has 0 aliphatic carbocycles. The Morgan fingerprint density at radius 1 is 1.32 bits per heavy atom. The number of carbonyl (C=O) groups is 1. The van der Waals surface area contributed by atoms with Crippen LogP contribution in [0.15, 0.2) is 41.7 Å². The molecule has 0 radical (unpaired) electrons. The molecule has 1 heterocycles. The zero-order valence-corrected chi connectivity index (χ0v) is 11.0. The second-order valence-corrected chi connectivity index (χ2v) is 4.91. The van der Waals surface area contributed by atoms with Crippen molar-refractivity contribution in [1.82, 2.24) is 9.55 Å². The molecule has 2 aromatic rings. The number of thioether (sulfide) groups is 1. The van der Waals surface area contributed by atoms with E-state index in [1.54, 1.807) is 6.20 Å². The van der Waals surface area contributed by atoms with Crippen LogP contribution in [0.5, 0.6) is 0 Å². The molecule has 0 saturated heterocycles. The third-order valence-corrected chi connectivity index (χ3v) is 3.45. The summed E-state index contributed by atoms with van der Waals surface area (Å²) in [4.78, 5) is 14.8. The number of carboxylic acid groups (broad SMARTS) is 1. The maximum absolute atomic E-state index is 10.6. The van der Waals surface area contributed by atoms with Crippen LogP contribution in [-0.2, 0) is 17.9 Å². The van der Waals surface area contributed by atoms with Crippen molar-refractivity contribution in [3.8, 4) is 0 Å². The molecule has 0 bridgehead atoms. The van der Waals surface area contributed by atoms with E-state index in [9.17, 15) is 4.79 Å². The summed E-state index contributed by atoms with van der Waals surface area (Å²) >= 11 is 1.15. The lowest BCUT2D eigenvalue weighted by Crippen LogP contribution is -2.03. The topological polar surface area (TPSA) is 75.3 Å². The number of aliphatic carboxylic acids is 1. The van der Waals surface area contributed by atoms with E-state index < -0.39 is 5.97 Å². The lowest BCUT2D eigenvalue weighted by atomic mass is 10.2. The van der Waals surface area contributed by atoms with Crippen molar-refractivity contribution in [2.45, 2.75) is 18.3 Å². The van der Waals surface area contributed by atoms with E-state index in [4.69, 9.17) is 10.2 Å². The van der Waals surface area contributed by atoms with Crippen LogP contribution in [-0.4, -0.2) is 31.5 Å². The van der Waals surface area contributed by atoms with Crippen molar-refractivity contribution in [1.29, 1.82) is 0 Å². The number of carboxylic acids is 1. The van der Waals surface area contributed by atoms with Gasteiger partial charge < -0.3 is 14.8 Å². The third kappa shape index (κ3) is 3.84. The van der Waals surface area contributed by atoms with E-state index in [1.807, 2.05) is 34.9 Å². The van der Waals surface area contributed by atoms with Gasteiger partial charge in [-0.1, -0.05) is 42.1 Å². The highest BCUT2D eigenvalue weighted by molar-refractivity contribution is 7.99. The first-order valence-electron chi connectivity index (χ1n) is 5.74. The van der Waals surface area contributed by atoms with Crippen LogP contribution >= 0.6 is 11.8 Å². The van der Waals surface area contributed by atoms with Crippen LogP contribution in [0, 0.1) is 0 Å². The molecular weight excluding hydrogens is 264 g/mol. The number of hydrogen-bond acceptors (Lipinski definition) is 4. The van der Waals surface area contributed by atoms with E-state index in [0.717, 1.165) is 17.3 Å². The van der Waals surface area contributed by atoms with Crippen molar-refractivity contribution in [3.63, 3.8) is 0 Å². The van der Waals surface area contributed by atoms with Crippen LogP contribution in [0.2, 0.25) is 0 Å². The third-order valence-electron chi connectivity index (χ3n) is 2.47. The molecule has 1 aromatic carbocycles. The zero-order chi connectivity index (χ0) is 13.7. The Hall–Kier alpha value is -1.79. The minimum absolute atomic E-state index is 0.0450.